The van der Waals surface area contributed by atoms with Gasteiger partial charge >= 0.3 is 0 Å². The summed E-state index contributed by atoms with van der Waals surface area (Å²) < 4.78 is 4.55. The molecule has 1 aliphatic rings. The van der Waals surface area contributed by atoms with Gasteiger partial charge in [-0.1, -0.05) is 0 Å². The number of thiol groups is 2. The van der Waals surface area contributed by atoms with Crippen molar-refractivity contribution in [2.24, 2.45) is 0 Å². The van der Waals surface area contributed by atoms with E-state index >= 15 is 0 Å². The summed E-state index contributed by atoms with van der Waals surface area (Å²) >= 11 is 7.91. The van der Waals surface area contributed by atoms with Crippen molar-refractivity contribution in [1.29, 1.82) is 0 Å². The molecule has 0 aliphatic carbocycles. The van der Waals surface area contributed by atoms with E-state index in [0.29, 0.717) is 0 Å². The maximum Gasteiger partial charge on any atom is 0.111 e. The Labute approximate surface area is 81.4 Å². The average Bonchev–Trinajstić information content (AvgIpc) is 2.00. The van der Waals surface area contributed by atoms with Gasteiger partial charge in [-0.3, -0.25) is 0 Å². The molecule has 72 valence electrons. The van der Waals surface area contributed by atoms with E-state index in [-0.39, 0.29) is 6.61 Å². The van der Waals surface area contributed by atoms with Crippen LogP contribution >= 0.6 is 25.3 Å². The number of hydrogen-bond donors (Lipinski definition) is 5. The van der Waals surface area contributed by atoms with E-state index in [1.807, 2.05) is 0 Å². The van der Waals surface area contributed by atoms with Crippen molar-refractivity contribution in [3.8, 4) is 0 Å². The average molecular weight is 212 g/mol. The Morgan fingerprint density at radius 2 is 1.75 bits per heavy atom. The summed E-state index contributed by atoms with van der Waals surface area (Å²) in [6.07, 6.45) is -3.98. The second-order valence-electron chi connectivity index (χ2n) is 2.76. The van der Waals surface area contributed by atoms with Crippen LogP contribution in [0.5, 0.6) is 0 Å². The van der Waals surface area contributed by atoms with Crippen LogP contribution in [0, 0.1) is 0 Å². The van der Waals surface area contributed by atoms with Gasteiger partial charge in [0.05, 0.1) is 11.2 Å². The molecule has 1 heterocycles. The van der Waals surface area contributed by atoms with Crippen molar-refractivity contribution in [2.75, 3.05) is 6.61 Å². The third-order valence-corrected chi connectivity index (χ3v) is 2.42. The minimum absolute atomic E-state index is 0.000509. The van der Waals surface area contributed by atoms with Crippen LogP contribution in [-0.2, 0) is 4.74 Å². The van der Waals surface area contributed by atoms with E-state index in [9.17, 15) is 10.2 Å². The third-order valence-electron chi connectivity index (χ3n) is 1.83. The molecule has 0 saturated carbocycles. The monoisotopic (exact) mass is 212 g/mol. The fourth-order valence-electron chi connectivity index (χ4n) is 1.09. The highest BCUT2D eigenvalue weighted by molar-refractivity contribution is 7.99. The van der Waals surface area contributed by atoms with Gasteiger partial charge in [0.2, 0.25) is 0 Å². The number of hydrogen-bond acceptors (Lipinski definition) is 6. The maximum atomic E-state index is 9.35. The third kappa shape index (κ3) is 2.07. The van der Waals surface area contributed by atoms with Crippen molar-refractivity contribution in [2.45, 2.75) is 29.0 Å². The molecule has 1 fully saturated rings. The summed E-state index contributed by atoms with van der Waals surface area (Å²) in [5, 5.41) is 27.6. The van der Waals surface area contributed by atoms with Gasteiger partial charge < -0.3 is 20.1 Å². The van der Waals surface area contributed by atoms with E-state index in [1.54, 1.807) is 0 Å². The van der Waals surface area contributed by atoms with E-state index in [4.69, 9.17) is 9.84 Å². The minimum atomic E-state index is -1.18. The lowest BCUT2D eigenvalue weighted by atomic mass is 10.0. The van der Waals surface area contributed by atoms with Gasteiger partial charge in [-0.05, 0) is 0 Å². The van der Waals surface area contributed by atoms with Crippen LogP contribution in [0.4, 0.5) is 0 Å². The first-order chi connectivity index (χ1) is 5.54. The molecule has 0 bridgehead atoms. The van der Waals surface area contributed by atoms with Crippen LogP contribution in [0.2, 0.25) is 0 Å². The minimum Gasteiger partial charge on any atom is -0.388 e. The first-order valence-electron chi connectivity index (χ1n) is 3.56. The second kappa shape index (κ2) is 4.17. The van der Waals surface area contributed by atoms with Crippen molar-refractivity contribution in [3.63, 3.8) is 0 Å². The van der Waals surface area contributed by atoms with Crippen molar-refractivity contribution >= 4 is 25.3 Å². The second-order valence-corrected chi connectivity index (χ2v) is 4.28. The van der Waals surface area contributed by atoms with Crippen LogP contribution < -0.4 is 0 Å². The lowest BCUT2D eigenvalue weighted by Crippen LogP contribution is -2.54. The summed E-state index contributed by atoms with van der Waals surface area (Å²) in [6.45, 7) is 0.000509. The zero-order chi connectivity index (χ0) is 9.30. The molecule has 1 saturated heterocycles. The highest BCUT2D eigenvalue weighted by Crippen LogP contribution is 2.22. The quantitative estimate of drug-likeness (QED) is 0.275. The molecule has 0 amide bonds. The molecule has 6 heteroatoms. The number of ether oxygens (including phenoxy) is 1. The molecule has 4 atom stereocenters. The SMILES string of the molecule is OC1COC(C(S)S)C(O)C1O. The molecule has 1 aliphatic heterocycles. The molecule has 1 rings (SSSR count). The van der Waals surface area contributed by atoms with E-state index in [2.05, 4.69) is 25.3 Å². The molecule has 0 aromatic carbocycles. The van der Waals surface area contributed by atoms with Gasteiger partial charge in [-0.25, -0.2) is 0 Å². The fraction of sp³-hybridized carbons (Fsp3) is 1.00. The fourth-order valence-corrected chi connectivity index (χ4v) is 1.62. The summed E-state index contributed by atoms with van der Waals surface area (Å²) in [7, 11) is 0. The van der Waals surface area contributed by atoms with Gasteiger partial charge in [-0.15, -0.1) is 0 Å². The Morgan fingerprint density at radius 3 is 2.25 bits per heavy atom. The predicted molar refractivity (Wildman–Crippen MR) is 49.5 cm³/mol. The molecule has 0 radical (unpaired) electrons. The standard InChI is InChI=1S/C6H12O4S2/c7-2-1-10-5(6(11)12)4(9)3(2)8/h2-9,11-12H,1H2. The van der Waals surface area contributed by atoms with Crippen molar-refractivity contribution in [1.82, 2.24) is 0 Å². The molecular formula is C6H12O4S2. The Morgan fingerprint density at radius 1 is 1.17 bits per heavy atom. The Bertz CT molecular complexity index is 154. The predicted octanol–water partition coefficient (Wildman–Crippen LogP) is -1.35. The molecule has 0 aromatic heterocycles. The molecule has 0 spiro atoms. The summed E-state index contributed by atoms with van der Waals surface area (Å²) in [5.74, 6) is 0. The highest BCUT2D eigenvalue weighted by atomic mass is 32.2. The zero-order valence-corrected chi connectivity index (χ0v) is 8.03. The maximum absolute atomic E-state index is 9.35. The Balaban J connectivity index is 2.58. The van der Waals surface area contributed by atoms with Crippen molar-refractivity contribution < 1.29 is 20.1 Å². The van der Waals surface area contributed by atoms with Crippen LogP contribution in [0.3, 0.4) is 0 Å². The lowest BCUT2D eigenvalue weighted by molar-refractivity contribution is -0.181. The summed E-state index contributed by atoms with van der Waals surface area (Å²) in [5.41, 5.74) is 0. The first-order valence-corrected chi connectivity index (χ1v) is 4.59. The largest absolute Gasteiger partial charge is 0.388 e. The molecule has 12 heavy (non-hydrogen) atoms. The van der Waals surface area contributed by atoms with Crippen LogP contribution in [-0.4, -0.2) is 50.9 Å². The molecular weight excluding hydrogens is 200 g/mol. The van der Waals surface area contributed by atoms with Gasteiger partial charge in [0.1, 0.15) is 24.4 Å². The molecule has 4 unspecified atom stereocenters. The number of rotatable bonds is 1. The lowest BCUT2D eigenvalue weighted by Gasteiger charge is -2.36. The Hall–Kier alpha value is 0.540. The van der Waals surface area contributed by atoms with Crippen LogP contribution in [0.25, 0.3) is 0 Å². The Kier molecular flexibility index (Phi) is 3.69. The summed E-state index contributed by atoms with van der Waals surface area (Å²) in [4.78, 5) is 0. The topological polar surface area (TPSA) is 69.9 Å². The molecule has 3 N–H and O–H groups in total. The van der Waals surface area contributed by atoms with Gasteiger partial charge in [0.25, 0.3) is 0 Å². The molecule has 0 aromatic rings. The highest BCUT2D eigenvalue weighted by Gasteiger charge is 2.39. The summed E-state index contributed by atoms with van der Waals surface area (Å²) in [6, 6.07) is 0. The normalized spacial score (nSPS) is 43.5. The van der Waals surface area contributed by atoms with E-state index in [0.717, 1.165) is 0 Å². The number of aliphatic hydroxyl groups excluding tert-OH is 3. The van der Waals surface area contributed by atoms with Crippen LogP contribution in [0.15, 0.2) is 0 Å². The smallest absolute Gasteiger partial charge is 0.111 e. The van der Waals surface area contributed by atoms with Gasteiger partial charge in [0.15, 0.2) is 0 Å². The van der Waals surface area contributed by atoms with Crippen molar-refractivity contribution in [3.05, 3.63) is 0 Å². The van der Waals surface area contributed by atoms with Gasteiger partial charge in [-0.2, -0.15) is 25.3 Å². The van der Waals surface area contributed by atoms with Gasteiger partial charge in [0, 0.05) is 0 Å². The number of aliphatic hydroxyl groups is 3. The molecule has 4 nitrogen and oxygen atoms in total. The zero-order valence-electron chi connectivity index (χ0n) is 6.24. The van der Waals surface area contributed by atoms with E-state index < -0.39 is 29.0 Å². The van der Waals surface area contributed by atoms with E-state index in [1.165, 1.54) is 0 Å². The first kappa shape index (κ1) is 10.6. The van der Waals surface area contributed by atoms with Crippen LogP contribution in [0.1, 0.15) is 0 Å².